The molecule has 5 heteroatoms. The molecule has 1 aliphatic rings. The summed E-state index contributed by atoms with van der Waals surface area (Å²) in [6, 6.07) is 7.63. The Bertz CT molecular complexity index is 613. The summed E-state index contributed by atoms with van der Waals surface area (Å²) in [7, 11) is 0. The molecule has 0 saturated carbocycles. The number of hydrogen-bond acceptors (Lipinski definition) is 2. The van der Waals surface area contributed by atoms with Gasteiger partial charge in [-0.1, -0.05) is 12.1 Å². The molecule has 0 aliphatic carbocycles. The van der Waals surface area contributed by atoms with Gasteiger partial charge in [0.05, 0.1) is 0 Å². The maximum Gasteiger partial charge on any atom is 0.259 e. The van der Waals surface area contributed by atoms with E-state index in [0.717, 1.165) is 25.0 Å². The molecule has 21 heavy (non-hydrogen) atoms. The van der Waals surface area contributed by atoms with E-state index in [1.807, 2.05) is 11.4 Å². The molecule has 1 aliphatic heterocycles. The van der Waals surface area contributed by atoms with Gasteiger partial charge in [-0.15, -0.1) is 11.3 Å². The van der Waals surface area contributed by atoms with E-state index >= 15 is 0 Å². The number of rotatable bonds is 2. The van der Waals surface area contributed by atoms with Crippen molar-refractivity contribution >= 4 is 17.2 Å². The number of benzene rings is 1. The lowest BCUT2D eigenvalue weighted by molar-refractivity contribution is 0.0704. The number of amides is 1. The molecule has 1 aromatic carbocycles. The summed E-state index contributed by atoms with van der Waals surface area (Å²) in [5, 5.41) is 2.04. The van der Waals surface area contributed by atoms with Crippen LogP contribution in [0.4, 0.5) is 8.78 Å². The van der Waals surface area contributed by atoms with Crippen molar-refractivity contribution in [2.75, 3.05) is 13.1 Å². The van der Waals surface area contributed by atoms with Crippen molar-refractivity contribution in [3.8, 4) is 0 Å². The Labute approximate surface area is 126 Å². The zero-order chi connectivity index (χ0) is 14.8. The number of hydrogen-bond donors (Lipinski definition) is 0. The minimum Gasteiger partial charge on any atom is -0.338 e. The van der Waals surface area contributed by atoms with Gasteiger partial charge in [0.15, 0.2) is 0 Å². The fourth-order valence-electron chi connectivity index (χ4n) is 2.75. The van der Waals surface area contributed by atoms with E-state index in [0.29, 0.717) is 19.0 Å². The first-order chi connectivity index (χ1) is 10.2. The molecule has 3 rings (SSSR count). The maximum absolute atomic E-state index is 13.7. The number of likely N-dealkylation sites (tertiary alicyclic amines) is 1. The van der Waals surface area contributed by atoms with Gasteiger partial charge in [-0.2, -0.15) is 0 Å². The third kappa shape index (κ3) is 2.83. The second-order valence-corrected chi connectivity index (χ2v) is 6.16. The average Bonchev–Trinajstić information content (AvgIpc) is 3.01. The minimum atomic E-state index is -0.791. The van der Waals surface area contributed by atoms with Crippen LogP contribution in [-0.2, 0) is 0 Å². The van der Waals surface area contributed by atoms with Gasteiger partial charge in [-0.3, -0.25) is 4.79 Å². The second-order valence-electron chi connectivity index (χ2n) is 5.18. The fraction of sp³-hybridized carbons (Fsp3) is 0.312. The van der Waals surface area contributed by atoms with Gasteiger partial charge in [0.2, 0.25) is 0 Å². The third-order valence-corrected chi connectivity index (χ3v) is 4.94. The van der Waals surface area contributed by atoms with Crippen LogP contribution in [0.15, 0.2) is 35.7 Å². The number of carbonyl (C=O) groups excluding carboxylic acids is 1. The molecule has 110 valence electrons. The van der Waals surface area contributed by atoms with E-state index in [4.69, 9.17) is 0 Å². The molecule has 0 atom stereocenters. The summed E-state index contributed by atoms with van der Waals surface area (Å²) in [5.74, 6) is -1.68. The van der Waals surface area contributed by atoms with E-state index in [1.165, 1.54) is 10.9 Å². The summed E-state index contributed by atoms with van der Waals surface area (Å²) < 4.78 is 27.3. The zero-order valence-corrected chi connectivity index (χ0v) is 12.2. The van der Waals surface area contributed by atoms with Crippen LogP contribution >= 0.6 is 11.3 Å². The highest BCUT2D eigenvalue weighted by molar-refractivity contribution is 7.10. The lowest BCUT2D eigenvalue weighted by atomic mass is 9.95. The highest BCUT2D eigenvalue weighted by Gasteiger charge is 2.28. The van der Waals surface area contributed by atoms with Crippen molar-refractivity contribution < 1.29 is 13.6 Å². The van der Waals surface area contributed by atoms with Crippen LogP contribution < -0.4 is 0 Å². The van der Waals surface area contributed by atoms with Crippen LogP contribution in [0.25, 0.3) is 0 Å². The van der Waals surface area contributed by atoms with Crippen molar-refractivity contribution in [2.45, 2.75) is 18.8 Å². The van der Waals surface area contributed by atoms with Crippen LogP contribution in [0.3, 0.4) is 0 Å². The van der Waals surface area contributed by atoms with Crippen molar-refractivity contribution in [3.63, 3.8) is 0 Å². The third-order valence-electron chi connectivity index (χ3n) is 3.90. The Morgan fingerprint density at radius 2 is 1.76 bits per heavy atom. The molecule has 1 amide bonds. The first-order valence-corrected chi connectivity index (χ1v) is 7.81. The second kappa shape index (κ2) is 5.93. The fourth-order valence-corrected chi connectivity index (χ4v) is 3.65. The van der Waals surface area contributed by atoms with Gasteiger partial charge in [-0.25, -0.2) is 8.78 Å². The maximum atomic E-state index is 13.7. The largest absolute Gasteiger partial charge is 0.338 e. The highest BCUT2D eigenvalue weighted by atomic mass is 32.1. The molecular weight excluding hydrogens is 292 g/mol. The van der Waals surface area contributed by atoms with Gasteiger partial charge >= 0.3 is 0 Å². The van der Waals surface area contributed by atoms with E-state index < -0.39 is 23.1 Å². The summed E-state index contributed by atoms with van der Waals surface area (Å²) in [6.45, 7) is 1.07. The van der Waals surface area contributed by atoms with Crippen LogP contribution in [0.1, 0.15) is 34.0 Å². The monoisotopic (exact) mass is 307 g/mol. The number of thiophene rings is 1. The highest BCUT2D eigenvalue weighted by Crippen LogP contribution is 2.31. The SMILES string of the molecule is O=C(c1c(F)cccc1F)N1CCC(c2cccs2)CC1. The number of halogens is 2. The molecule has 1 aromatic heterocycles. The Kier molecular flexibility index (Phi) is 4.01. The van der Waals surface area contributed by atoms with Gasteiger partial charge in [-0.05, 0) is 42.3 Å². The predicted molar refractivity (Wildman–Crippen MR) is 78.6 cm³/mol. The van der Waals surface area contributed by atoms with Gasteiger partial charge in [0.1, 0.15) is 17.2 Å². The predicted octanol–water partition coefficient (Wildman–Crippen LogP) is 4.05. The molecular formula is C16H15F2NOS. The van der Waals surface area contributed by atoms with Crippen LogP contribution in [-0.4, -0.2) is 23.9 Å². The van der Waals surface area contributed by atoms with E-state index in [9.17, 15) is 13.6 Å². The van der Waals surface area contributed by atoms with Crippen molar-refractivity contribution in [2.24, 2.45) is 0 Å². The average molecular weight is 307 g/mol. The van der Waals surface area contributed by atoms with Crippen LogP contribution in [0.5, 0.6) is 0 Å². The van der Waals surface area contributed by atoms with E-state index in [-0.39, 0.29) is 0 Å². The Morgan fingerprint density at radius 1 is 1.10 bits per heavy atom. The Morgan fingerprint density at radius 3 is 2.33 bits per heavy atom. The molecule has 0 spiro atoms. The molecule has 2 nitrogen and oxygen atoms in total. The standard InChI is InChI=1S/C16H15F2NOS/c17-12-3-1-4-13(18)15(12)16(20)19-8-6-11(7-9-19)14-5-2-10-21-14/h1-5,10-11H,6-9H2. The smallest absolute Gasteiger partial charge is 0.259 e. The Balaban J connectivity index is 1.71. The molecule has 1 saturated heterocycles. The lowest BCUT2D eigenvalue weighted by Crippen LogP contribution is -2.38. The molecule has 0 bridgehead atoms. The zero-order valence-electron chi connectivity index (χ0n) is 11.4. The van der Waals surface area contributed by atoms with Crippen molar-refractivity contribution in [1.82, 2.24) is 4.90 Å². The number of carbonyl (C=O) groups is 1. The van der Waals surface area contributed by atoms with E-state index in [2.05, 4.69) is 6.07 Å². The number of piperidine rings is 1. The molecule has 0 unspecified atom stereocenters. The topological polar surface area (TPSA) is 20.3 Å². The summed E-state index contributed by atoms with van der Waals surface area (Å²) >= 11 is 1.72. The molecule has 1 fully saturated rings. The van der Waals surface area contributed by atoms with Crippen LogP contribution in [0.2, 0.25) is 0 Å². The quantitative estimate of drug-likeness (QED) is 0.820. The molecule has 2 heterocycles. The minimum absolute atomic E-state index is 0.438. The van der Waals surface area contributed by atoms with Gasteiger partial charge in [0, 0.05) is 18.0 Å². The van der Waals surface area contributed by atoms with Crippen LogP contribution in [0, 0.1) is 11.6 Å². The van der Waals surface area contributed by atoms with E-state index in [1.54, 1.807) is 16.2 Å². The first kappa shape index (κ1) is 14.2. The molecule has 0 N–H and O–H groups in total. The molecule has 2 aromatic rings. The van der Waals surface area contributed by atoms with Gasteiger partial charge in [0.25, 0.3) is 5.91 Å². The van der Waals surface area contributed by atoms with Crippen molar-refractivity contribution in [3.05, 3.63) is 57.8 Å². The summed E-state index contributed by atoms with van der Waals surface area (Å²) in [6.07, 6.45) is 1.67. The molecule has 0 radical (unpaired) electrons. The summed E-state index contributed by atoms with van der Waals surface area (Å²) in [5.41, 5.74) is -0.438. The lowest BCUT2D eigenvalue weighted by Gasteiger charge is -2.31. The first-order valence-electron chi connectivity index (χ1n) is 6.93. The van der Waals surface area contributed by atoms with Crippen molar-refractivity contribution in [1.29, 1.82) is 0 Å². The number of nitrogens with zero attached hydrogens (tertiary/aromatic N) is 1. The van der Waals surface area contributed by atoms with Gasteiger partial charge < -0.3 is 4.90 Å². The summed E-state index contributed by atoms with van der Waals surface area (Å²) in [4.78, 5) is 15.1. The normalized spacial score (nSPS) is 16.2. The Hall–Kier alpha value is -1.75.